The van der Waals surface area contributed by atoms with Gasteiger partial charge in [0.2, 0.25) is 0 Å². The summed E-state index contributed by atoms with van der Waals surface area (Å²) in [6.07, 6.45) is 0. The lowest BCUT2D eigenvalue weighted by molar-refractivity contribution is 0.400. The Labute approximate surface area is 111 Å². The summed E-state index contributed by atoms with van der Waals surface area (Å²) in [5.41, 5.74) is 2.40. The second-order valence-corrected chi connectivity index (χ2v) is 6.83. The molecule has 0 fully saturated rings. The molecule has 1 rings (SSSR count). The lowest BCUT2D eigenvalue weighted by Crippen LogP contribution is -2.38. The van der Waals surface area contributed by atoms with Gasteiger partial charge in [-0.15, -0.1) is 0 Å². The topological polar surface area (TPSA) is 35.8 Å². The largest absolute Gasteiger partial charge is 0.293 e. The Morgan fingerprint density at radius 2 is 1.50 bits per heavy atom. The van der Waals surface area contributed by atoms with Gasteiger partial charge >= 0.3 is 0 Å². The van der Waals surface area contributed by atoms with Gasteiger partial charge in [0.15, 0.2) is 0 Å². The highest BCUT2D eigenvalue weighted by Crippen LogP contribution is 2.24. The van der Waals surface area contributed by atoms with Crippen LogP contribution >= 0.6 is 0 Å². The summed E-state index contributed by atoms with van der Waals surface area (Å²) in [5.74, 6) is 0. The van der Waals surface area contributed by atoms with Crippen LogP contribution < -0.4 is 5.32 Å². The second kappa shape index (κ2) is 5.12. The highest BCUT2D eigenvalue weighted by Gasteiger charge is 2.19. The molecule has 0 spiro atoms. The summed E-state index contributed by atoms with van der Waals surface area (Å²) >= 11 is 0. The van der Waals surface area contributed by atoms with Crippen molar-refractivity contribution in [1.82, 2.24) is 5.32 Å². The Kier molecular flexibility index (Phi) is 4.19. The fraction of sp³-hybridized carbons (Fsp3) is 0.562. The Balaban J connectivity index is 2.94. The van der Waals surface area contributed by atoms with E-state index in [2.05, 4.69) is 65.1 Å². The molecule has 0 bridgehead atoms. The van der Waals surface area contributed by atoms with Gasteiger partial charge in [0, 0.05) is 5.54 Å². The van der Waals surface area contributed by atoms with Crippen molar-refractivity contribution in [2.24, 2.45) is 0 Å². The predicted octanol–water partition coefficient (Wildman–Crippen LogP) is 3.94. The second-order valence-electron chi connectivity index (χ2n) is 6.83. The van der Waals surface area contributed by atoms with E-state index in [1.807, 2.05) is 12.1 Å². The minimum absolute atomic E-state index is 0.0664. The van der Waals surface area contributed by atoms with Crippen molar-refractivity contribution in [2.75, 3.05) is 0 Å². The number of rotatable bonds is 2. The fourth-order valence-electron chi connectivity index (χ4n) is 1.80. The zero-order valence-electron chi connectivity index (χ0n) is 12.3. The molecule has 0 aromatic heterocycles. The van der Waals surface area contributed by atoms with Crippen LogP contribution in [-0.4, -0.2) is 5.54 Å². The van der Waals surface area contributed by atoms with Crippen molar-refractivity contribution >= 4 is 0 Å². The third-order valence-corrected chi connectivity index (χ3v) is 2.82. The van der Waals surface area contributed by atoms with E-state index < -0.39 is 0 Å². The predicted molar refractivity (Wildman–Crippen MR) is 76.4 cm³/mol. The van der Waals surface area contributed by atoms with E-state index >= 15 is 0 Å². The van der Waals surface area contributed by atoms with Crippen LogP contribution in [0.2, 0.25) is 0 Å². The smallest absolute Gasteiger partial charge is 0.121 e. The summed E-state index contributed by atoms with van der Waals surface area (Å²) in [6, 6.07) is 10.4. The van der Waals surface area contributed by atoms with E-state index in [4.69, 9.17) is 0 Å². The molecule has 0 aliphatic rings. The molecule has 2 heteroatoms. The molecular weight excluding hydrogens is 220 g/mol. The summed E-state index contributed by atoms with van der Waals surface area (Å²) in [7, 11) is 0. The van der Waals surface area contributed by atoms with E-state index in [0.29, 0.717) is 0 Å². The van der Waals surface area contributed by atoms with Gasteiger partial charge in [-0.3, -0.25) is 5.32 Å². The summed E-state index contributed by atoms with van der Waals surface area (Å²) in [6.45, 7) is 12.8. The monoisotopic (exact) mass is 244 g/mol. The Morgan fingerprint density at radius 3 is 1.83 bits per heavy atom. The molecule has 0 amide bonds. The van der Waals surface area contributed by atoms with E-state index in [9.17, 15) is 5.26 Å². The first-order valence-corrected chi connectivity index (χ1v) is 6.41. The van der Waals surface area contributed by atoms with Gasteiger partial charge < -0.3 is 0 Å². The van der Waals surface area contributed by atoms with Crippen molar-refractivity contribution < 1.29 is 0 Å². The van der Waals surface area contributed by atoms with Crippen LogP contribution in [0.25, 0.3) is 0 Å². The first-order valence-electron chi connectivity index (χ1n) is 6.41. The quantitative estimate of drug-likeness (QED) is 0.855. The molecule has 1 atom stereocenters. The maximum absolute atomic E-state index is 9.26. The molecule has 0 saturated heterocycles. The Morgan fingerprint density at radius 1 is 1.00 bits per heavy atom. The van der Waals surface area contributed by atoms with Crippen molar-refractivity contribution in [3.8, 4) is 6.07 Å². The van der Waals surface area contributed by atoms with Crippen LogP contribution in [0, 0.1) is 11.3 Å². The molecule has 0 heterocycles. The Hall–Kier alpha value is -1.33. The number of hydrogen-bond donors (Lipinski definition) is 1. The zero-order valence-corrected chi connectivity index (χ0v) is 12.3. The van der Waals surface area contributed by atoms with Gasteiger partial charge in [0.1, 0.15) is 6.04 Å². The normalized spacial score (nSPS) is 14.1. The number of nitrogens with one attached hydrogen (secondary N) is 1. The average molecular weight is 244 g/mol. The van der Waals surface area contributed by atoms with E-state index in [1.54, 1.807) is 0 Å². The van der Waals surface area contributed by atoms with Crippen molar-refractivity contribution in [2.45, 2.75) is 58.5 Å². The maximum atomic E-state index is 9.26. The molecule has 0 radical (unpaired) electrons. The third-order valence-electron chi connectivity index (χ3n) is 2.82. The summed E-state index contributed by atoms with van der Waals surface area (Å²) < 4.78 is 0. The molecule has 1 N–H and O–H groups in total. The number of hydrogen-bond acceptors (Lipinski definition) is 2. The van der Waals surface area contributed by atoms with Crippen LogP contribution in [0.1, 0.15) is 58.7 Å². The molecule has 1 unspecified atom stereocenters. The standard InChI is InChI=1S/C16H24N2/c1-15(2,3)13-9-7-12(8-10-13)14(11-17)18-16(4,5)6/h7-10,14,18H,1-6H3. The number of benzene rings is 1. The zero-order chi connectivity index (χ0) is 14.0. The van der Waals surface area contributed by atoms with Gasteiger partial charge in [-0.05, 0) is 37.3 Å². The number of nitriles is 1. The van der Waals surface area contributed by atoms with E-state index in [-0.39, 0.29) is 17.0 Å². The molecule has 98 valence electrons. The first-order chi connectivity index (χ1) is 8.13. The van der Waals surface area contributed by atoms with Gasteiger partial charge in [-0.2, -0.15) is 5.26 Å². The third kappa shape index (κ3) is 4.16. The summed E-state index contributed by atoms with van der Waals surface area (Å²) in [5, 5.41) is 12.6. The Bertz CT molecular complexity index is 424. The molecule has 2 nitrogen and oxygen atoms in total. The molecule has 0 saturated carbocycles. The van der Waals surface area contributed by atoms with Crippen molar-refractivity contribution in [3.63, 3.8) is 0 Å². The van der Waals surface area contributed by atoms with Crippen LogP contribution in [0.5, 0.6) is 0 Å². The van der Waals surface area contributed by atoms with Gasteiger partial charge in [0.25, 0.3) is 0 Å². The molecular formula is C16H24N2. The van der Waals surface area contributed by atoms with Gasteiger partial charge in [-0.1, -0.05) is 45.0 Å². The van der Waals surface area contributed by atoms with Crippen molar-refractivity contribution in [1.29, 1.82) is 5.26 Å². The maximum Gasteiger partial charge on any atom is 0.121 e. The first kappa shape index (κ1) is 14.7. The minimum atomic E-state index is -0.251. The van der Waals surface area contributed by atoms with Crippen molar-refractivity contribution in [3.05, 3.63) is 35.4 Å². The molecule has 0 aliphatic carbocycles. The van der Waals surface area contributed by atoms with Crippen LogP contribution in [-0.2, 0) is 5.41 Å². The number of nitrogens with zero attached hydrogens (tertiary/aromatic N) is 1. The highest BCUT2D eigenvalue weighted by atomic mass is 15.0. The molecule has 1 aromatic rings. The van der Waals surface area contributed by atoms with Crippen LogP contribution in [0.15, 0.2) is 24.3 Å². The van der Waals surface area contributed by atoms with Crippen LogP contribution in [0.3, 0.4) is 0 Å². The molecule has 0 aliphatic heterocycles. The summed E-state index contributed by atoms with van der Waals surface area (Å²) in [4.78, 5) is 0. The average Bonchev–Trinajstić information content (AvgIpc) is 2.24. The highest BCUT2D eigenvalue weighted by molar-refractivity contribution is 5.31. The lowest BCUT2D eigenvalue weighted by atomic mass is 9.86. The molecule has 1 aromatic carbocycles. The lowest BCUT2D eigenvalue weighted by Gasteiger charge is -2.25. The van der Waals surface area contributed by atoms with E-state index in [1.165, 1.54) is 5.56 Å². The van der Waals surface area contributed by atoms with Crippen LogP contribution in [0.4, 0.5) is 0 Å². The van der Waals surface area contributed by atoms with Gasteiger partial charge in [0.05, 0.1) is 6.07 Å². The SMILES string of the molecule is CC(C)(C)NC(C#N)c1ccc(C(C)(C)C)cc1. The van der Waals surface area contributed by atoms with Gasteiger partial charge in [-0.25, -0.2) is 0 Å². The fourth-order valence-corrected chi connectivity index (χ4v) is 1.80. The molecule has 18 heavy (non-hydrogen) atoms. The minimum Gasteiger partial charge on any atom is -0.293 e. The van der Waals surface area contributed by atoms with E-state index in [0.717, 1.165) is 5.56 Å².